The van der Waals surface area contributed by atoms with E-state index < -0.39 is 6.10 Å². The second-order valence-corrected chi connectivity index (χ2v) is 7.63. The number of hydrogen-bond acceptors (Lipinski definition) is 3. The largest absolute Gasteiger partial charge is 0.516 e. The molecule has 3 nitrogen and oxygen atoms in total. The van der Waals surface area contributed by atoms with Crippen LogP contribution < -0.4 is 10.2 Å². The maximum atomic E-state index is 13.2. The summed E-state index contributed by atoms with van der Waals surface area (Å²) in [5, 5.41) is 21.0. The van der Waals surface area contributed by atoms with E-state index in [-0.39, 0.29) is 11.9 Å². The van der Waals surface area contributed by atoms with E-state index in [1.165, 1.54) is 12.1 Å². The molecule has 1 aliphatic rings. The Morgan fingerprint density at radius 2 is 1.88 bits per heavy atom. The predicted octanol–water partition coefficient (Wildman–Crippen LogP) is 4.11. The van der Waals surface area contributed by atoms with Crippen LogP contribution in [0.5, 0.6) is 0 Å². The fourth-order valence-corrected chi connectivity index (χ4v) is 3.87. The molecule has 2 aromatic carbocycles. The van der Waals surface area contributed by atoms with Crippen LogP contribution in [0.2, 0.25) is 0 Å². The van der Waals surface area contributed by atoms with Gasteiger partial charge >= 0.3 is 0 Å². The second kappa shape index (κ2) is 8.20. The molecular formula is C21H25FNO2P. The van der Waals surface area contributed by atoms with Gasteiger partial charge in [-0.15, -0.1) is 9.24 Å². The lowest BCUT2D eigenvalue weighted by Gasteiger charge is -2.50. The molecule has 0 spiro atoms. The van der Waals surface area contributed by atoms with Crippen molar-refractivity contribution in [2.24, 2.45) is 5.92 Å². The molecular weight excluding hydrogens is 348 g/mol. The normalized spacial score (nSPS) is 21.4. The SMILES string of the molecule is C/C(=C/O)C1C(CCC(O)c2ccc(P)cc2)CN1c1ccc(F)cc1. The Hall–Kier alpha value is -1.90. The van der Waals surface area contributed by atoms with Gasteiger partial charge in [-0.1, -0.05) is 24.3 Å². The van der Waals surface area contributed by atoms with Gasteiger partial charge in [-0.05, 0) is 60.5 Å². The second-order valence-electron chi connectivity index (χ2n) is 6.97. The van der Waals surface area contributed by atoms with Crippen molar-refractivity contribution in [3.05, 3.63) is 71.7 Å². The van der Waals surface area contributed by atoms with E-state index in [9.17, 15) is 14.6 Å². The monoisotopic (exact) mass is 373 g/mol. The first-order chi connectivity index (χ1) is 12.5. The molecule has 138 valence electrons. The molecule has 2 N–H and O–H groups in total. The minimum atomic E-state index is -0.487. The summed E-state index contributed by atoms with van der Waals surface area (Å²) < 4.78 is 13.2. The van der Waals surface area contributed by atoms with Crippen LogP contribution >= 0.6 is 9.24 Å². The van der Waals surface area contributed by atoms with E-state index in [0.29, 0.717) is 12.3 Å². The van der Waals surface area contributed by atoms with Gasteiger partial charge in [0.05, 0.1) is 18.4 Å². The third-order valence-corrected chi connectivity index (χ3v) is 5.56. The molecule has 0 aromatic heterocycles. The molecule has 0 aliphatic carbocycles. The topological polar surface area (TPSA) is 43.7 Å². The molecule has 0 saturated carbocycles. The van der Waals surface area contributed by atoms with Gasteiger partial charge in [-0.3, -0.25) is 0 Å². The Kier molecular flexibility index (Phi) is 5.95. The van der Waals surface area contributed by atoms with Gasteiger partial charge in [0.1, 0.15) is 5.82 Å². The van der Waals surface area contributed by atoms with Crippen molar-refractivity contribution in [1.29, 1.82) is 0 Å². The molecule has 3 rings (SSSR count). The third-order valence-electron chi connectivity index (χ3n) is 5.17. The molecule has 1 saturated heterocycles. The number of aliphatic hydroxyl groups excluding tert-OH is 2. The van der Waals surface area contributed by atoms with Crippen molar-refractivity contribution < 1.29 is 14.6 Å². The molecule has 2 aromatic rings. The Balaban J connectivity index is 1.64. The number of nitrogens with zero attached hydrogens (tertiary/aromatic N) is 1. The minimum absolute atomic E-state index is 0.0760. The molecule has 1 fully saturated rings. The Morgan fingerprint density at radius 3 is 2.50 bits per heavy atom. The predicted molar refractivity (Wildman–Crippen MR) is 107 cm³/mol. The maximum Gasteiger partial charge on any atom is 0.123 e. The molecule has 5 heteroatoms. The number of halogens is 1. The molecule has 0 bridgehead atoms. The molecule has 26 heavy (non-hydrogen) atoms. The molecule has 4 atom stereocenters. The van der Waals surface area contributed by atoms with Gasteiger partial charge in [0, 0.05) is 18.2 Å². The Morgan fingerprint density at radius 1 is 1.23 bits per heavy atom. The van der Waals surface area contributed by atoms with Crippen LogP contribution in [0.25, 0.3) is 0 Å². The van der Waals surface area contributed by atoms with Crippen LogP contribution in [-0.4, -0.2) is 22.8 Å². The summed E-state index contributed by atoms with van der Waals surface area (Å²) in [7, 11) is 2.64. The number of anilines is 1. The standard InChI is InChI=1S/C21H25FNO2P/c1-14(13-24)21-16(12-23(21)18-7-5-17(22)6-8-18)4-11-20(25)15-2-9-19(26)10-3-15/h2-3,5-10,13,16,20-21,24-25H,4,11-12,26H2,1H3/b14-13-. The van der Waals surface area contributed by atoms with Gasteiger partial charge in [-0.25, -0.2) is 4.39 Å². The first-order valence-corrected chi connectivity index (χ1v) is 9.44. The average molecular weight is 373 g/mol. The average Bonchev–Trinajstić information content (AvgIpc) is 2.62. The maximum absolute atomic E-state index is 13.2. The highest BCUT2D eigenvalue weighted by Crippen LogP contribution is 2.38. The molecule has 1 aliphatic heterocycles. The fourth-order valence-electron chi connectivity index (χ4n) is 3.68. The summed E-state index contributed by atoms with van der Waals surface area (Å²) in [6.07, 6.45) is 2.20. The van der Waals surface area contributed by atoms with Crippen molar-refractivity contribution in [3.63, 3.8) is 0 Å². The van der Waals surface area contributed by atoms with E-state index in [1.54, 1.807) is 12.1 Å². The number of rotatable bonds is 6. The zero-order chi connectivity index (χ0) is 18.7. The Bertz CT molecular complexity index is 761. The lowest BCUT2D eigenvalue weighted by Crippen LogP contribution is -2.57. The number of benzene rings is 2. The van der Waals surface area contributed by atoms with Crippen LogP contribution in [0.15, 0.2) is 60.4 Å². The molecule has 0 radical (unpaired) electrons. The summed E-state index contributed by atoms with van der Waals surface area (Å²) >= 11 is 0. The minimum Gasteiger partial charge on any atom is -0.516 e. The van der Waals surface area contributed by atoms with Crippen molar-refractivity contribution in [2.45, 2.75) is 31.9 Å². The van der Waals surface area contributed by atoms with Crippen LogP contribution in [0.4, 0.5) is 10.1 Å². The summed E-state index contributed by atoms with van der Waals surface area (Å²) in [6.45, 7) is 2.74. The van der Waals surface area contributed by atoms with E-state index in [4.69, 9.17) is 0 Å². The van der Waals surface area contributed by atoms with Crippen LogP contribution in [0.1, 0.15) is 31.4 Å². The lowest BCUT2D eigenvalue weighted by atomic mass is 9.79. The fraction of sp³-hybridized carbons (Fsp3) is 0.333. The molecule has 1 heterocycles. The summed E-state index contributed by atoms with van der Waals surface area (Å²) in [6, 6.07) is 14.4. The Labute approximate surface area is 156 Å². The van der Waals surface area contributed by atoms with Gasteiger partial charge < -0.3 is 15.1 Å². The highest BCUT2D eigenvalue weighted by molar-refractivity contribution is 7.27. The van der Waals surface area contributed by atoms with Gasteiger partial charge in [-0.2, -0.15) is 0 Å². The van der Waals surface area contributed by atoms with Crippen LogP contribution in [-0.2, 0) is 0 Å². The third kappa shape index (κ3) is 4.08. The van der Waals surface area contributed by atoms with E-state index in [2.05, 4.69) is 14.1 Å². The lowest BCUT2D eigenvalue weighted by molar-refractivity contribution is 0.147. The van der Waals surface area contributed by atoms with Crippen LogP contribution in [0, 0.1) is 11.7 Å². The first-order valence-electron chi connectivity index (χ1n) is 8.86. The number of hydrogen-bond donors (Lipinski definition) is 2. The summed E-state index contributed by atoms with van der Waals surface area (Å²) in [5.41, 5.74) is 2.76. The van der Waals surface area contributed by atoms with Crippen molar-refractivity contribution in [2.75, 3.05) is 11.4 Å². The van der Waals surface area contributed by atoms with Gasteiger partial charge in [0.2, 0.25) is 0 Å². The zero-order valence-corrected chi connectivity index (χ0v) is 16.0. The van der Waals surface area contributed by atoms with Gasteiger partial charge in [0.15, 0.2) is 0 Å². The quantitative estimate of drug-likeness (QED) is 0.592. The number of aliphatic hydroxyl groups is 2. The van der Waals surface area contributed by atoms with E-state index >= 15 is 0 Å². The highest BCUT2D eigenvalue weighted by Gasteiger charge is 2.40. The van der Waals surface area contributed by atoms with Crippen molar-refractivity contribution in [1.82, 2.24) is 0 Å². The highest BCUT2D eigenvalue weighted by atomic mass is 31.0. The smallest absolute Gasteiger partial charge is 0.123 e. The van der Waals surface area contributed by atoms with Crippen molar-refractivity contribution >= 4 is 20.2 Å². The molecule has 4 unspecified atom stereocenters. The van der Waals surface area contributed by atoms with E-state index in [1.807, 2.05) is 31.2 Å². The van der Waals surface area contributed by atoms with Crippen LogP contribution in [0.3, 0.4) is 0 Å². The zero-order valence-electron chi connectivity index (χ0n) is 14.8. The summed E-state index contributed by atoms with van der Waals surface area (Å²) in [4.78, 5) is 2.17. The molecule has 0 amide bonds. The van der Waals surface area contributed by atoms with Gasteiger partial charge in [0.25, 0.3) is 0 Å². The van der Waals surface area contributed by atoms with E-state index in [0.717, 1.165) is 41.4 Å². The van der Waals surface area contributed by atoms with Crippen molar-refractivity contribution in [3.8, 4) is 0 Å². The summed E-state index contributed by atoms with van der Waals surface area (Å²) in [5.74, 6) is 0.0931. The first kappa shape index (κ1) is 18.9.